The molecule has 0 aromatic carbocycles. The first-order chi connectivity index (χ1) is 9.69. The fourth-order valence-corrected chi connectivity index (χ4v) is 3.39. The average Bonchev–Trinajstić information content (AvgIpc) is 3.00. The van der Waals surface area contributed by atoms with Crippen molar-refractivity contribution in [2.75, 3.05) is 19.7 Å². The minimum absolute atomic E-state index is 0.0571. The summed E-state index contributed by atoms with van der Waals surface area (Å²) in [5, 5.41) is 7.65. The fourth-order valence-electron chi connectivity index (χ4n) is 3.39. The van der Waals surface area contributed by atoms with E-state index < -0.39 is 0 Å². The molecule has 0 spiro atoms. The lowest BCUT2D eigenvalue weighted by atomic mass is 9.76. The number of nitrogens with zero attached hydrogens (tertiary/aromatic N) is 2. The van der Waals surface area contributed by atoms with Crippen molar-refractivity contribution < 1.29 is 9.26 Å². The minimum atomic E-state index is -0.359. The molecule has 5 nitrogen and oxygen atoms in total. The van der Waals surface area contributed by atoms with Gasteiger partial charge in [0.2, 0.25) is 11.7 Å². The van der Waals surface area contributed by atoms with Gasteiger partial charge in [-0.25, -0.2) is 0 Å². The molecule has 5 heteroatoms. The van der Waals surface area contributed by atoms with E-state index in [1.165, 1.54) is 6.42 Å². The molecule has 1 aromatic rings. The zero-order valence-electron chi connectivity index (χ0n) is 12.6. The van der Waals surface area contributed by atoms with Crippen molar-refractivity contribution in [2.45, 2.75) is 63.4 Å². The molecule has 3 rings (SSSR count). The smallest absolute Gasteiger partial charge is 0.233 e. The molecule has 1 atom stereocenters. The van der Waals surface area contributed by atoms with Gasteiger partial charge in [-0.1, -0.05) is 12.1 Å². The summed E-state index contributed by atoms with van der Waals surface area (Å²) in [6, 6.07) is 0. The van der Waals surface area contributed by atoms with Crippen LogP contribution in [0.15, 0.2) is 4.52 Å². The molecule has 3 heterocycles. The van der Waals surface area contributed by atoms with Gasteiger partial charge in [0.15, 0.2) is 0 Å². The van der Waals surface area contributed by atoms with Gasteiger partial charge in [-0.05, 0) is 58.5 Å². The highest BCUT2D eigenvalue weighted by molar-refractivity contribution is 5.10. The number of nitrogens with one attached hydrogen (secondary N) is 1. The lowest BCUT2D eigenvalue weighted by molar-refractivity contribution is -0.0770. The first-order valence-corrected chi connectivity index (χ1v) is 7.88. The van der Waals surface area contributed by atoms with Crippen molar-refractivity contribution in [1.82, 2.24) is 15.5 Å². The van der Waals surface area contributed by atoms with Crippen LogP contribution in [-0.2, 0) is 15.8 Å². The van der Waals surface area contributed by atoms with Crippen LogP contribution >= 0.6 is 0 Å². The Hall–Kier alpha value is -0.940. The highest BCUT2D eigenvalue weighted by Crippen LogP contribution is 2.38. The fraction of sp³-hybridized carbons (Fsp3) is 0.867. The van der Waals surface area contributed by atoms with Crippen LogP contribution in [0.25, 0.3) is 0 Å². The van der Waals surface area contributed by atoms with Crippen LogP contribution in [0, 0.1) is 0 Å². The van der Waals surface area contributed by atoms with Crippen LogP contribution in [0.2, 0.25) is 0 Å². The van der Waals surface area contributed by atoms with Gasteiger partial charge in [0, 0.05) is 6.61 Å². The number of aromatic nitrogens is 2. The Labute approximate surface area is 120 Å². The molecule has 2 aliphatic rings. The summed E-state index contributed by atoms with van der Waals surface area (Å²) in [7, 11) is 0. The molecule has 0 radical (unpaired) electrons. The van der Waals surface area contributed by atoms with Crippen molar-refractivity contribution in [3.8, 4) is 0 Å². The number of piperidine rings is 1. The Balaban J connectivity index is 1.85. The predicted octanol–water partition coefficient (Wildman–Crippen LogP) is 2.52. The maximum atomic E-state index is 5.92. The van der Waals surface area contributed by atoms with E-state index in [-0.39, 0.29) is 11.0 Å². The number of rotatable bonds is 3. The minimum Gasteiger partial charge on any atom is -0.367 e. The van der Waals surface area contributed by atoms with E-state index in [0.717, 1.165) is 63.5 Å². The summed E-state index contributed by atoms with van der Waals surface area (Å²) in [6.45, 7) is 7.15. The van der Waals surface area contributed by atoms with Gasteiger partial charge in [0.25, 0.3) is 0 Å². The average molecular weight is 279 g/mol. The quantitative estimate of drug-likeness (QED) is 0.921. The standard InChI is InChI=1S/C15H25N3O2/c1-3-15(7-9-16-10-8-15)13-17-12(18-20-13)14(2)6-4-5-11-19-14/h16H,3-11H2,1-2H3. The number of hydrogen-bond acceptors (Lipinski definition) is 5. The second-order valence-electron chi connectivity index (χ2n) is 6.34. The summed E-state index contributed by atoms with van der Waals surface area (Å²) >= 11 is 0. The van der Waals surface area contributed by atoms with Gasteiger partial charge < -0.3 is 14.6 Å². The summed E-state index contributed by atoms with van der Waals surface area (Å²) in [4.78, 5) is 4.74. The molecule has 0 saturated carbocycles. The van der Waals surface area contributed by atoms with Crippen molar-refractivity contribution >= 4 is 0 Å². The first-order valence-electron chi connectivity index (χ1n) is 7.88. The van der Waals surface area contributed by atoms with E-state index in [1.54, 1.807) is 0 Å². The van der Waals surface area contributed by atoms with Crippen molar-refractivity contribution in [1.29, 1.82) is 0 Å². The zero-order chi connectivity index (χ0) is 14.1. The van der Waals surface area contributed by atoms with E-state index in [2.05, 4.69) is 24.3 Å². The van der Waals surface area contributed by atoms with Gasteiger partial charge in [0.05, 0.1) is 5.41 Å². The monoisotopic (exact) mass is 279 g/mol. The van der Waals surface area contributed by atoms with E-state index >= 15 is 0 Å². The second-order valence-corrected chi connectivity index (χ2v) is 6.34. The predicted molar refractivity (Wildman–Crippen MR) is 75.5 cm³/mol. The summed E-state index contributed by atoms with van der Waals surface area (Å²) in [5.74, 6) is 1.55. The third-order valence-electron chi connectivity index (χ3n) is 5.06. The van der Waals surface area contributed by atoms with E-state index in [0.29, 0.717) is 0 Å². The van der Waals surface area contributed by atoms with E-state index in [9.17, 15) is 0 Å². The van der Waals surface area contributed by atoms with Crippen LogP contribution in [0.5, 0.6) is 0 Å². The van der Waals surface area contributed by atoms with Crippen molar-refractivity contribution in [3.05, 3.63) is 11.7 Å². The lowest BCUT2D eigenvalue weighted by Crippen LogP contribution is -2.40. The van der Waals surface area contributed by atoms with Crippen LogP contribution in [0.3, 0.4) is 0 Å². The Morgan fingerprint density at radius 3 is 2.65 bits per heavy atom. The maximum absolute atomic E-state index is 5.92. The van der Waals surface area contributed by atoms with E-state index in [1.807, 2.05) is 0 Å². The highest BCUT2D eigenvalue weighted by Gasteiger charge is 2.41. The largest absolute Gasteiger partial charge is 0.367 e. The lowest BCUT2D eigenvalue weighted by Gasteiger charge is -2.33. The van der Waals surface area contributed by atoms with Gasteiger partial charge in [-0.3, -0.25) is 0 Å². The molecule has 112 valence electrons. The molecule has 0 bridgehead atoms. The van der Waals surface area contributed by atoms with Crippen LogP contribution in [-0.4, -0.2) is 29.8 Å². The SMILES string of the molecule is CCC1(c2nc(C3(C)CCCCO3)no2)CCNCC1. The molecule has 1 aromatic heterocycles. The Morgan fingerprint density at radius 1 is 1.20 bits per heavy atom. The van der Waals surface area contributed by atoms with Crippen molar-refractivity contribution in [3.63, 3.8) is 0 Å². The highest BCUT2D eigenvalue weighted by atomic mass is 16.5. The molecular weight excluding hydrogens is 254 g/mol. The summed E-state index contributed by atoms with van der Waals surface area (Å²) in [5.41, 5.74) is -0.302. The molecule has 0 aliphatic carbocycles. The first kappa shape index (κ1) is 14.0. The van der Waals surface area contributed by atoms with E-state index in [4.69, 9.17) is 14.2 Å². The second kappa shape index (κ2) is 5.45. The summed E-state index contributed by atoms with van der Waals surface area (Å²) in [6.07, 6.45) is 6.47. The summed E-state index contributed by atoms with van der Waals surface area (Å²) < 4.78 is 11.6. The number of hydrogen-bond donors (Lipinski definition) is 1. The third-order valence-corrected chi connectivity index (χ3v) is 5.06. The molecule has 2 fully saturated rings. The Morgan fingerprint density at radius 2 is 2.00 bits per heavy atom. The third kappa shape index (κ3) is 2.37. The van der Waals surface area contributed by atoms with Crippen LogP contribution < -0.4 is 5.32 Å². The van der Waals surface area contributed by atoms with Crippen LogP contribution in [0.4, 0.5) is 0 Å². The Kier molecular flexibility index (Phi) is 3.82. The molecule has 2 aliphatic heterocycles. The van der Waals surface area contributed by atoms with Gasteiger partial charge in [0.1, 0.15) is 5.60 Å². The molecule has 1 unspecified atom stereocenters. The zero-order valence-corrected chi connectivity index (χ0v) is 12.6. The molecule has 1 N–H and O–H groups in total. The van der Waals surface area contributed by atoms with Crippen LogP contribution in [0.1, 0.15) is 64.1 Å². The molecule has 2 saturated heterocycles. The van der Waals surface area contributed by atoms with Gasteiger partial charge in [-0.2, -0.15) is 4.98 Å². The molecule has 20 heavy (non-hydrogen) atoms. The topological polar surface area (TPSA) is 60.2 Å². The van der Waals surface area contributed by atoms with Gasteiger partial charge >= 0.3 is 0 Å². The maximum Gasteiger partial charge on any atom is 0.233 e. The normalized spacial score (nSPS) is 30.3. The Bertz CT molecular complexity index is 446. The molecule has 0 amide bonds. The van der Waals surface area contributed by atoms with Gasteiger partial charge in [-0.15, -0.1) is 0 Å². The molecular formula is C15H25N3O2. The van der Waals surface area contributed by atoms with Crippen molar-refractivity contribution in [2.24, 2.45) is 0 Å². The number of ether oxygens (including phenoxy) is 1.